The summed E-state index contributed by atoms with van der Waals surface area (Å²) in [5.74, 6) is 1.47. The lowest BCUT2D eigenvalue weighted by Crippen LogP contribution is -2.40. The minimum Gasteiger partial charge on any atom is -0.383 e. The minimum atomic E-state index is -0.235. The number of ether oxygens (including phenoxy) is 1. The molecule has 9 heteroatoms. The summed E-state index contributed by atoms with van der Waals surface area (Å²) in [6, 6.07) is 6.59. The van der Waals surface area contributed by atoms with E-state index in [0.717, 1.165) is 30.3 Å². The maximum absolute atomic E-state index is 13.4. The highest BCUT2D eigenvalue weighted by Crippen LogP contribution is 2.06. The first-order valence-electron chi connectivity index (χ1n) is 8.73. The molecule has 150 valence electrons. The van der Waals surface area contributed by atoms with Crippen molar-refractivity contribution in [1.82, 2.24) is 25.0 Å². The van der Waals surface area contributed by atoms with Crippen molar-refractivity contribution in [2.75, 3.05) is 33.9 Å². The van der Waals surface area contributed by atoms with Crippen molar-refractivity contribution in [2.45, 2.75) is 26.4 Å². The first-order chi connectivity index (χ1) is 12.6. The summed E-state index contributed by atoms with van der Waals surface area (Å²) in [4.78, 5) is 6.54. The van der Waals surface area contributed by atoms with Gasteiger partial charge < -0.3 is 19.5 Å². The quantitative estimate of drug-likeness (QED) is 0.253. The van der Waals surface area contributed by atoms with Gasteiger partial charge in [0.2, 0.25) is 0 Å². The van der Waals surface area contributed by atoms with E-state index in [1.165, 1.54) is 12.1 Å². The predicted molar refractivity (Wildman–Crippen MR) is 115 cm³/mol. The molecule has 0 fully saturated rings. The molecule has 7 nitrogen and oxygen atoms in total. The van der Waals surface area contributed by atoms with Crippen molar-refractivity contribution in [3.8, 4) is 0 Å². The number of hydrogen-bond acceptors (Lipinski definition) is 4. The Morgan fingerprint density at radius 3 is 2.93 bits per heavy atom. The lowest BCUT2D eigenvalue weighted by molar-refractivity contribution is 0.207. The molecule has 0 spiro atoms. The molecule has 0 aliphatic heterocycles. The zero-order valence-corrected chi connectivity index (χ0v) is 18.4. The summed E-state index contributed by atoms with van der Waals surface area (Å²) >= 11 is 0. The van der Waals surface area contributed by atoms with Gasteiger partial charge in [-0.15, -0.1) is 34.2 Å². The average Bonchev–Trinajstić information content (AvgIpc) is 3.08. The Balaban J connectivity index is 0.00000364. The standard InChI is InChI=1S/C18H27FN6O.HI/c1-4-17-23-22-14-25(17)10-8-20-18(21-9-11-26-3)24(2)13-15-6-5-7-16(19)12-15;/h5-7,12,14H,4,8-11,13H2,1-3H3,(H,20,21);1H. The number of rotatable bonds is 9. The van der Waals surface area contributed by atoms with Crippen molar-refractivity contribution in [1.29, 1.82) is 0 Å². The van der Waals surface area contributed by atoms with Gasteiger partial charge in [0, 0.05) is 40.2 Å². The van der Waals surface area contributed by atoms with Crippen molar-refractivity contribution in [2.24, 2.45) is 4.99 Å². The van der Waals surface area contributed by atoms with Crippen LogP contribution in [-0.2, 0) is 24.2 Å². The SMILES string of the molecule is CCc1nncn1CCNC(=NCCOC)N(C)Cc1cccc(F)c1.I. The highest BCUT2D eigenvalue weighted by molar-refractivity contribution is 14.0. The third-order valence-corrected chi connectivity index (χ3v) is 3.88. The number of nitrogens with one attached hydrogen (secondary N) is 1. The topological polar surface area (TPSA) is 67.6 Å². The molecule has 1 aromatic carbocycles. The number of hydrogen-bond donors (Lipinski definition) is 1. The van der Waals surface area contributed by atoms with Crippen LogP contribution < -0.4 is 5.32 Å². The van der Waals surface area contributed by atoms with Gasteiger partial charge in [-0.1, -0.05) is 19.1 Å². The van der Waals surface area contributed by atoms with E-state index in [1.54, 1.807) is 19.5 Å². The molecule has 0 saturated heterocycles. The summed E-state index contributed by atoms with van der Waals surface area (Å²) in [7, 11) is 3.58. The number of nitrogens with zero attached hydrogens (tertiary/aromatic N) is 5. The smallest absolute Gasteiger partial charge is 0.194 e. The molecule has 0 radical (unpaired) electrons. The van der Waals surface area contributed by atoms with E-state index in [4.69, 9.17) is 4.74 Å². The molecular formula is C18H28FIN6O. The van der Waals surface area contributed by atoms with E-state index in [9.17, 15) is 4.39 Å². The van der Waals surface area contributed by atoms with Crippen LogP contribution in [0, 0.1) is 5.82 Å². The number of aliphatic imine (C=N–C) groups is 1. The second-order valence-electron chi connectivity index (χ2n) is 5.91. The Hall–Kier alpha value is -1.75. The Morgan fingerprint density at radius 1 is 1.41 bits per heavy atom. The molecule has 2 aromatic rings. The number of halogens is 2. The molecule has 0 atom stereocenters. The van der Waals surface area contributed by atoms with Gasteiger partial charge in [-0.3, -0.25) is 4.99 Å². The zero-order valence-electron chi connectivity index (χ0n) is 16.1. The van der Waals surface area contributed by atoms with E-state index < -0.39 is 0 Å². The largest absolute Gasteiger partial charge is 0.383 e. The van der Waals surface area contributed by atoms with E-state index in [1.807, 2.05) is 22.6 Å². The second kappa shape index (κ2) is 12.6. The molecule has 0 amide bonds. The summed E-state index contributed by atoms with van der Waals surface area (Å²) in [5.41, 5.74) is 0.890. The Labute approximate surface area is 177 Å². The summed E-state index contributed by atoms with van der Waals surface area (Å²) < 4.78 is 20.5. The van der Waals surface area contributed by atoms with Gasteiger partial charge in [0.25, 0.3) is 0 Å². The highest BCUT2D eigenvalue weighted by atomic mass is 127. The van der Waals surface area contributed by atoms with Crippen LogP contribution in [0.25, 0.3) is 0 Å². The van der Waals surface area contributed by atoms with Gasteiger partial charge in [0.05, 0.1) is 13.2 Å². The molecule has 0 unspecified atom stereocenters. The van der Waals surface area contributed by atoms with Crippen molar-refractivity contribution in [3.63, 3.8) is 0 Å². The van der Waals surface area contributed by atoms with Crippen LogP contribution in [0.15, 0.2) is 35.6 Å². The molecule has 1 aromatic heterocycles. The van der Waals surface area contributed by atoms with Crippen molar-refractivity contribution in [3.05, 3.63) is 47.8 Å². The van der Waals surface area contributed by atoms with Crippen LogP contribution in [0.5, 0.6) is 0 Å². The van der Waals surface area contributed by atoms with E-state index in [0.29, 0.717) is 26.2 Å². The monoisotopic (exact) mass is 490 g/mol. The highest BCUT2D eigenvalue weighted by Gasteiger charge is 2.08. The van der Waals surface area contributed by atoms with Crippen LogP contribution in [0.3, 0.4) is 0 Å². The number of aromatic nitrogens is 3. The fourth-order valence-corrected chi connectivity index (χ4v) is 2.57. The first kappa shape index (κ1) is 23.3. The third kappa shape index (κ3) is 7.79. The number of benzene rings is 1. The van der Waals surface area contributed by atoms with Crippen LogP contribution in [-0.4, -0.2) is 59.5 Å². The first-order valence-corrected chi connectivity index (χ1v) is 8.73. The molecule has 1 heterocycles. The van der Waals surface area contributed by atoms with Gasteiger partial charge in [0.1, 0.15) is 18.0 Å². The van der Waals surface area contributed by atoms with Crippen LogP contribution in [0.2, 0.25) is 0 Å². The van der Waals surface area contributed by atoms with Gasteiger partial charge in [-0.25, -0.2) is 4.39 Å². The number of aryl methyl sites for hydroxylation is 1. The van der Waals surface area contributed by atoms with Crippen LogP contribution in [0.4, 0.5) is 4.39 Å². The van der Waals surface area contributed by atoms with Gasteiger partial charge in [0.15, 0.2) is 5.96 Å². The molecule has 0 saturated carbocycles. The van der Waals surface area contributed by atoms with Gasteiger partial charge in [-0.2, -0.15) is 0 Å². The number of guanidine groups is 1. The Bertz CT molecular complexity index is 709. The molecule has 0 bridgehead atoms. The third-order valence-electron chi connectivity index (χ3n) is 3.88. The van der Waals surface area contributed by atoms with Crippen molar-refractivity contribution < 1.29 is 9.13 Å². The minimum absolute atomic E-state index is 0. The maximum Gasteiger partial charge on any atom is 0.194 e. The van der Waals surface area contributed by atoms with Gasteiger partial charge >= 0.3 is 0 Å². The predicted octanol–water partition coefficient (Wildman–Crippen LogP) is 2.32. The molecule has 1 N–H and O–H groups in total. The fourth-order valence-electron chi connectivity index (χ4n) is 2.57. The lowest BCUT2D eigenvalue weighted by Gasteiger charge is -2.23. The molecule has 2 rings (SSSR count). The van der Waals surface area contributed by atoms with E-state index >= 15 is 0 Å². The van der Waals surface area contributed by atoms with Gasteiger partial charge in [-0.05, 0) is 17.7 Å². The fraction of sp³-hybridized carbons (Fsp3) is 0.500. The molecule has 0 aliphatic rings. The Morgan fingerprint density at radius 2 is 2.22 bits per heavy atom. The van der Waals surface area contributed by atoms with Crippen LogP contribution >= 0.6 is 24.0 Å². The van der Waals surface area contributed by atoms with Crippen LogP contribution in [0.1, 0.15) is 18.3 Å². The summed E-state index contributed by atoms with van der Waals surface area (Å²) in [5, 5.41) is 11.4. The molecule has 0 aliphatic carbocycles. The lowest BCUT2D eigenvalue weighted by atomic mass is 10.2. The van der Waals surface area contributed by atoms with Crippen molar-refractivity contribution >= 4 is 29.9 Å². The maximum atomic E-state index is 13.4. The second-order valence-corrected chi connectivity index (χ2v) is 5.91. The number of methoxy groups -OCH3 is 1. The zero-order chi connectivity index (χ0) is 18.8. The summed E-state index contributed by atoms with van der Waals surface area (Å²) in [6.07, 6.45) is 2.58. The molecule has 27 heavy (non-hydrogen) atoms. The van der Waals surface area contributed by atoms with E-state index in [-0.39, 0.29) is 29.8 Å². The average molecular weight is 490 g/mol. The van der Waals surface area contributed by atoms with E-state index in [2.05, 4.69) is 27.4 Å². The molecular weight excluding hydrogens is 462 g/mol. The summed E-state index contributed by atoms with van der Waals surface area (Å²) in [6.45, 7) is 5.14. The Kier molecular flexibility index (Phi) is 10.9. The normalized spacial score (nSPS) is 11.2.